The molecule has 3 rings (SSSR count). The molecule has 8 heteroatoms. The lowest BCUT2D eigenvalue weighted by Crippen LogP contribution is -2.51. The Morgan fingerprint density at radius 2 is 1.67 bits per heavy atom. The van der Waals surface area contributed by atoms with Gasteiger partial charge in [0, 0.05) is 26.2 Å². The predicted molar refractivity (Wildman–Crippen MR) is 86.5 cm³/mol. The maximum absolute atomic E-state index is 12.5. The van der Waals surface area contributed by atoms with Crippen LogP contribution in [-0.2, 0) is 25.4 Å². The molecule has 0 radical (unpaired) electrons. The van der Waals surface area contributed by atoms with Crippen LogP contribution in [0.1, 0.15) is 12.0 Å². The molecule has 130 valence electrons. The van der Waals surface area contributed by atoms with Crippen molar-refractivity contribution in [1.29, 1.82) is 0 Å². The maximum atomic E-state index is 12.5. The standard InChI is InChI=1S/C16H20N2O5S/c19-15(13-10-14(13)16(20)21)17-6-8-18(9-7-17)24(22,23)11-12-4-2-1-3-5-12/h1-5,13-14H,6-11H2,(H,20,21). The van der Waals surface area contributed by atoms with E-state index in [1.807, 2.05) is 6.07 Å². The van der Waals surface area contributed by atoms with E-state index in [1.54, 1.807) is 29.2 Å². The van der Waals surface area contributed by atoms with Crippen molar-refractivity contribution in [2.24, 2.45) is 11.8 Å². The molecule has 2 aliphatic rings. The summed E-state index contributed by atoms with van der Waals surface area (Å²) in [5.74, 6) is -2.15. The third-order valence-electron chi connectivity index (χ3n) is 4.56. The van der Waals surface area contributed by atoms with Crippen molar-refractivity contribution in [2.45, 2.75) is 12.2 Å². The summed E-state index contributed by atoms with van der Waals surface area (Å²) in [6.45, 7) is 1.14. The molecular formula is C16H20N2O5S. The first-order chi connectivity index (χ1) is 11.4. The Morgan fingerprint density at radius 1 is 1.04 bits per heavy atom. The molecule has 1 aliphatic heterocycles. The van der Waals surface area contributed by atoms with Crippen LogP contribution in [0, 0.1) is 11.8 Å². The summed E-state index contributed by atoms with van der Waals surface area (Å²) < 4.78 is 26.3. The minimum atomic E-state index is -3.41. The molecule has 7 nitrogen and oxygen atoms in total. The van der Waals surface area contributed by atoms with Crippen LogP contribution < -0.4 is 0 Å². The van der Waals surface area contributed by atoms with Crippen molar-refractivity contribution < 1.29 is 23.1 Å². The molecule has 0 aromatic heterocycles. The number of piperazine rings is 1. The van der Waals surface area contributed by atoms with Gasteiger partial charge in [0.2, 0.25) is 15.9 Å². The van der Waals surface area contributed by atoms with Gasteiger partial charge in [-0.05, 0) is 12.0 Å². The number of carbonyl (C=O) groups is 2. The van der Waals surface area contributed by atoms with Gasteiger partial charge in [0.25, 0.3) is 0 Å². The fraction of sp³-hybridized carbons (Fsp3) is 0.500. The second-order valence-corrected chi connectivity index (χ2v) is 8.22. The van der Waals surface area contributed by atoms with Crippen LogP contribution in [0.15, 0.2) is 30.3 Å². The van der Waals surface area contributed by atoms with E-state index < -0.39 is 27.8 Å². The van der Waals surface area contributed by atoms with Crippen LogP contribution in [0.5, 0.6) is 0 Å². The second-order valence-electron chi connectivity index (χ2n) is 6.25. The summed E-state index contributed by atoms with van der Waals surface area (Å²) >= 11 is 0. The van der Waals surface area contributed by atoms with E-state index in [-0.39, 0.29) is 24.7 Å². The first-order valence-electron chi connectivity index (χ1n) is 7.92. The first kappa shape index (κ1) is 16.9. The van der Waals surface area contributed by atoms with Crippen molar-refractivity contribution in [3.63, 3.8) is 0 Å². The largest absolute Gasteiger partial charge is 0.481 e. The van der Waals surface area contributed by atoms with Crippen LogP contribution in [0.3, 0.4) is 0 Å². The summed E-state index contributed by atoms with van der Waals surface area (Å²) in [5, 5.41) is 8.90. The zero-order valence-corrected chi connectivity index (χ0v) is 14.0. The van der Waals surface area contributed by atoms with E-state index in [0.717, 1.165) is 5.56 Å². The molecule has 1 aliphatic carbocycles. The van der Waals surface area contributed by atoms with Crippen molar-refractivity contribution in [1.82, 2.24) is 9.21 Å². The van der Waals surface area contributed by atoms with Gasteiger partial charge >= 0.3 is 5.97 Å². The zero-order chi connectivity index (χ0) is 17.3. The number of sulfonamides is 1. The molecule has 1 aromatic carbocycles. The average molecular weight is 352 g/mol. The third kappa shape index (κ3) is 3.59. The third-order valence-corrected chi connectivity index (χ3v) is 6.41. The Morgan fingerprint density at radius 3 is 2.21 bits per heavy atom. The number of hydrogen-bond acceptors (Lipinski definition) is 4. The van der Waals surface area contributed by atoms with Crippen LogP contribution in [-0.4, -0.2) is 60.8 Å². The average Bonchev–Trinajstić information content (AvgIpc) is 3.36. The van der Waals surface area contributed by atoms with Crippen LogP contribution in [0.2, 0.25) is 0 Å². The van der Waals surface area contributed by atoms with Crippen LogP contribution in [0.25, 0.3) is 0 Å². The lowest BCUT2D eigenvalue weighted by Gasteiger charge is -2.34. The van der Waals surface area contributed by atoms with E-state index in [1.165, 1.54) is 4.31 Å². The number of carbonyl (C=O) groups excluding carboxylic acids is 1. The summed E-state index contributed by atoms with van der Waals surface area (Å²) in [6, 6.07) is 8.99. The molecule has 0 spiro atoms. The highest BCUT2D eigenvalue weighted by atomic mass is 32.2. The number of carboxylic acid groups (broad SMARTS) is 1. The molecular weight excluding hydrogens is 332 g/mol. The molecule has 1 N–H and O–H groups in total. The quantitative estimate of drug-likeness (QED) is 0.827. The number of amides is 1. The van der Waals surface area contributed by atoms with Crippen molar-refractivity contribution in [3.05, 3.63) is 35.9 Å². The van der Waals surface area contributed by atoms with Gasteiger partial charge in [0.15, 0.2) is 0 Å². The monoisotopic (exact) mass is 352 g/mol. The van der Waals surface area contributed by atoms with E-state index in [9.17, 15) is 18.0 Å². The molecule has 2 fully saturated rings. The molecule has 2 unspecified atom stereocenters. The fourth-order valence-electron chi connectivity index (χ4n) is 3.04. The minimum absolute atomic E-state index is 0.0501. The van der Waals surface area contributed by atoms with Gasteiger partial charge < -0.3 is 10.0 Å². The Hall–Kier alpha value is -1.93. The number of hydrogen-bond donors (Lipinski definition) is 1. The molecule has 2 atom stereocenters. The zero-order valence-electron chi connectivity index (χ0n) is 13.2. The van der Waals surface area contributed by atoms with Gasteiger partial charge in [-0.25, -0.2) is 8.42 Å². The highest BCUT2D eigenvalue weighted by molar-refractivity contribution is 7.88. The van der Waals surface area contributed by atoms with Gasteiger partial charge in [0.05, 0.1) is 17.6 Å². The Kier molecular flexibility index (Phi) is 4.60. The van der Waals surface area contributed by atoms with Crippen molar-refractivity contribution >= 4 is 21.9 Å². The maximum Gasteiger partial charge on any atom is 0.307 e. The number of carboxylic acids is 1. The molecule has 0 bridgehead atoms. The number of rotatable bonds is 5. The van der Waals surface area contributed by atoms with Gasteiger partial charge in [0.1, 0.15) is 0 Å². The SMILES string of the molecule is O=C(O)C1CC1C(=O)N1CCN(S(=O)(=O)Cc2ccccc2)CC1. The Labute approximate surface area is 140 Å². The molecule has 1 heterocycles. The summed E-state index contributed by atoms with van der Waals surface area (Å²) in [5.41, 5.74) is 0.735. The fourth-order valence-corrected chi connectivity index (χ4v) is 4.55. The van der Waals surface area contributed by atoms with Crippen LogP contribution >= 0.6 is 0 Å². The lowest BCUT2D eigenvalue weighted by molar-refractivity contribution is -0.142. The molecule has 1 saturated heterocycles. The van der Waals surface area contributed by atoms with Crippen LogP contribution in [0.4, 0.5) is 0 Å². The minimum Gasteiger partial charge on any atom is -0.481 e. The Bertz CT molecular complexity index is 726. The lowest BCUT2D eigenvalue weighted by atomic mass is 10.2. The second kappa shape index (κ2) is 6.52. The summed E-state index contributed by atoms with van der Waals surface area (Å²) in [7, 11) is -3.41. The normalized spacial score (nSPS) is 24.6. The predicted octanol–water partition coefficient (Wildman–Crippen LogP) is 0.381. The number of aliphatic carboxylic acids is 1. The Balaban J connectivity index is 1.55. The smallest absolute Gasteiger partial charge is 0.307 e. The number of nitrogens with zero attached hydrogens (tertiary/aromatic N) is 2. The van der Waals surface area contributed by atoms with Crippen molar-refractivity contribution in [3.8, 4) is 0 Å². The summed E-state index contributed by atoms with van der Waals surface area (Å²) in [4.78, 5) is 24.7. The van der Waals surface area contributed by atoms with Gasteiger partial charge in [-0.1, -0.05) is 30.3 Å². The highest BCUT2D eigenvalue weighted by Crippen LogP contribution is 2.40. The van der Waals surface area contributed by atoms with Gasteiger partial charge in [-0.2, -0.15) is 4.31 Å². The molecule has 1 aromatic rings. The van der Waals surface area contributed by atoms with E-state index in [4.69, 9.17) is 5.11 Å². The summed E-state index contributed by atoms with van der Waals surface area (Å²) in [6.07, 6.45) is 0.390. The first-order valence-corrected chi connectivity index (χ1v) is 9.53. The number of benzene rings is 1. The highest BCUT2D eigenvalue weighted by Gasteiger charge is 2.50. The van der Waals surface area contributed by atoms with Gasteiger partial charge in [-0.15, -0.1) is 0 Å². The van der Waals surface area contributed by atoms with Crippen molar-refractivity contribution in [2.75, 3.05) is 26.2 Å². The van der Waals surface area contributed by atoms with Gasteiger partial charge in [-0.3, -0.25) is 9.59 Å². The molecule has 1 amide bonds. The topological polar surface area (TPSA) is 95.0 Å². The molecule has 24 heavy (non-hydrogen) atoms. The van der Waals surface area contributed by atoms with E-state index >= 15 is 0 Å². The van der Waals surface area contributed by atoms with E-state index in [2.05, 4.69) is 0 Å². The molecule has 1 saturated carbocycles. The van der Waals surface area contributed by atoms with E-state index in [0.29, 0.717) is 19.5 Å².